The van der Waals surface area contributed by atoms with Crippen molar-refractivity contribution in [3.05, 3.63) is 241 Å². The molecule has 9 aromatic rings. The first-order valence-corrected chi connectivity index (χ1v) is 23.0. The van der Waals surface area contributed by atoms with Gasteiger partial charge in [-0.2, -0.15) is 0 Å². The molecule has 1 heterocycles. The van der Waals surface area contributed by atoms with E-state index < -0.39 is 0 Å². The molecule has 1 aliphatic heterocycles. The third kappa shape index (κ3) is 8.79. The number of nitrogens with one attached hydrogen (secondary N) is 1. The van der Waals surface area contributed by atoms with Crippen molar-refractivity contribution in [3.63, 3.8) is 0 Å². The molecule has 1 atom stereocenters. The van der Waals surface area contributed by atoms with E-state index in [1.54, 1.807) is 0 Å². The number of benzene rings is 9. The zero-order valence-electron chi connectivity index (χ0n) is 37.2. The number of anilines is 3. The Morgan fingerprint density at radius 2 is 1.06 bits per heavy atom. The van der Waals surface area contributed by atoms with Crippen LogP contribution in [0.5, 0.6) is 0 Å². The molecule has 1 aliphatic rings. The number of fused-ring (bicyclic) bond motifs is 2. The fourth-order valence-corrected chi connectivity index (χ4v) is 9.42. The fraction of sp³-hybridized carbons (Fsp3) is 0.113. The monoisotopic (exact) mass is 839 g/mol. The minimum Gasteiger partial charge on any atom is -0.363 e. The van der Waals surface area contributed by atoms with Gasteiger partial charge in [0.05, 0.1) is 17.9 Å². The Labute approximate surface area is 384 Å². The molecule has 0 aromatic heterocycles. The van der Waals surface area contributed by atoms with Crippen LogP contribution in [-0.4, -0.2) is 11.9 Å². The molecule has 0 radical (unpaired) electrons. The molecule has 316 valence electrons. The van der Waals surface area contributed by atoms with Gasteiger partial charge in [-0.1, -0.05) is 207 Å². The van der Waals surface area contributed by atoms with Crippen LogP contribution in [0.3, 0.4) is 0 Å². The van der Waals surface area contributed by atoms with E-state index in [-0.39, 0.29) is 6.17 Å². The van der Waals surface area contributed by atoms with Crippen LogP contribution in [0.15, 0.2) is 229 Å². The normalized spacial score (nSPS) is 13.8. The first kappa shape index (κ1) is 41.3. The molecule has 9 aromatic carbocycles. The van der Waals surface area contributed by atoms with Crippen LogP contribution in [0.2, 0.25) is 0 Å². The number of hydrogen-bond donors (Lipinski definition) is 1. The van der Waals surface area contributed by atoms with E-state index in [9.17, 15) is 0 Å². The van der Waals surface area contributed by atoms with Crippen LogP contribution in [0.4, 0.5) is 17.1 Å². The highest BCUT2D eigenvalue weighted by molar-refractivity contribution is 6.06. The molecule has 0 spiro atoms. The van der Waals surface area contributed by atoms with Crippen molar-refractivity contribution < 1.29 is 0 Å². The van der Waals surface area contributed by atoms with Gasteiger partial charge in [-0.25, -0.2) is 0 Å². The molecule has 0 fully saturated rings. The predicted octanol–water partition coefficient (Wildman–Crippen LogP) is 16.7. The molecule has 1 unspecified atom stereocenters. The fourth-order valence-electron chi connectivity index (χ4n) is 9.42. The van der Waals surface area contributed by atoms with Gasteiger partial charge in [-0.05, 0) is 128 Å². The quantitative estimate of drug-likeness (QED) is 0.117. The molecular weight excluding hydrogens is 787 g/mol. The van der Waals surface area contributed by atoms with Gasteiger partial charge in [0.2, 0.25) is 0 Å². The van der Waals surface area contributed by atoms with Gasteiger partial charge < -0.3 is 10.2 Å². The van der Waals surface area contributed by atoms with Crippen LogP contribution in [0, 0.1) is 0 Å². The summed E-state index contributed by atoms with van der Waals surface area (Å²) in [6.45, 7) is 5.13. The Morgan fingerprint density at radius 3 is 1.80 bits per heavy atom. The van der Waals surface area contributed by atoms with Gasteiger partial charge in [-0.3, -0.25) is 4.99 Å². The highest BCUT2D eigenvalue weighted by atomic mass is 15.3. The second-order valence-electron chi connectivity index (χ2n) is 16.9. The van der Waals surface area contributed by atoms with Gasteiger partial charge in [0.15, 0.2) is 0 Å². The molecule has 65 heavy (non-hydrogen) atoms. The molecule has 0 saturated heterocycles. The summed E-state index contributed by atoms with van der Waals surface area (Å²) >= 11 is 0. The summed E-state index contributed by atoms with van der Waals surface area (Å²) < 4.78 is 0. The maximum Gasteiger partial charge on any atom is 0.104 e. The van der Waals surface area contributed by atoms with E-state index in [0.717, 1.165) is 25.0 Å². The Balaban J connectivity index is 0.877. The first-order chi connectivity index (χ1) is 32.1. The summed E-state index contributed by atoms with van der Waals surface area (Å²) in [7, 11) is 0. The summed E-state index contributed by atoms with van der Waals surface area (Å²) in [6, 6.07) is 79.1. The Morgan fingerprint density at radius 1 is 0.508 bits per heavy atom. The number of aliphatic imine (C=N–C) groups is 1. The summed E-state index contributed by atoms with van der Waals surface area (Å²) in [5.41, 5.74) is 19.5. The minimum atomic E-state index is 0.233. The topological polar surface area (TPSA) is 27.6 Å². The smallest absolute Gasteiger partial charge is 0.104 e. The minimum absolute atomic E-state index is 0.233. The standard InChI is InChI=1S/C62H53N3/c1-3-62-64-60-28-12-13-30-61(60)65(62)52-41-39-50(40-42-52)53-22-10-11-23-55(53)57-27-16-25-56-54(24-15-26-58(56)57)49-35-31-46(32-36-49)44(2)17-14-29-59(63-43-45-18-6-4-7-19-45)51-37-33-48(34-38-51)47-20-8-5-9-21-47/h4-13,15-28,30-42,62,64H,3,14,29,43H2,1-2H3/b44-17+,63-59?. The zero-order chi connectivity index (χ0) is 44.0. The summed E-state index contributed by atoms with van der Waals surface area (Å²) in [5.74, 6) is 0. The Bertz CT molecular complexity index is 3110. The Hall–Kier alpha value is -7.75. The number of allylic oxidation sites excluding steroid dienone is 2. The molecule has 3 nitrogen and oxygen atoms in total. The van der Waals surface area contributed by atoms with E-state index in [2.05, 4.69) is 249 Å². The SMILES string of the molecule is CCC1Nc2ccccc2N1c1ccc(-c2ccccc2-c2cccc3c(-c4ccc(/C(C)=C/CCC(=NCc5ccccc5)c5ccc(-c6ccccc6)cc5)cc4)cccc23)cc1. The van der Waals surface area contributed by atoms with E-state index in [4.69, 9.17) is 4.99 Å². The molecule has 0 amide bonds. The molecule has 0 bridgehead atoms. The Kier molecular flexibility index (Phi) is 12.0. The van der Waals surface area contributed by atoms with Crippen LogP contribution in [-0.2, 0) is 6.54 Å². The number of rotatable bonds is 13. The van der Waals surface area contributed by atoms with Crippen molar-refractivity contribution in [1.29, 1.82) is 0 Å². The van der Waals surface area contributed by atoms with Crippen molar-refractivity contribution in [2.24, 2.45) is 4.99 Å². The summed E-state index contributed by atoms with van der Waals surface area (Å²) in [4.78, 5) is 7.59. The molecule has 3 heteroatoms. The lowest BCUT2D eigenvalue weighted by molar-refractivity contribution is 0.728. The van der Waals surface area contributed by atoms with Crippen LogP contribution in [0.25, 0.3) is 60.9 Å². The third-order valence-corrected chi connectivity index (χ3v) is 12.9. The van der Waals surface area contributed by atoms with Crippen molar-refractivity contribution in [3.8, 4) is 44.5 Å². The van der Waals surface area contributed by atoms with Crippen molar-refractivity contribution in [2.75, 3.05) is 10.2 Å². The van der Waals surface area contributed by atoms with Gasteiger partial charge in [0, 0.05) is 11.4 Å². The van der Waals surface area contributed by atoms with Gasteiger partial charge in [0.1, 0.15) is 6.17 Å². The van der Waals surface area contributed by atoms with Gasteiger partial charge in [0.25, 0.3) is 0 Å². The second kappa shape index (κ2) is 18.9. The summed E-state index contributed by atoms with van der Waals surface area (Å²) in [5, 5.41) is 6.20. The first-order valence-electron chi connectivity index (χ1n) is 23.0. The molecule has 10 rings (SSSR count). The maximum atomic E-state index is 5.16. The molecule has 1 N–H and O–H groups in total. The average molecular weight is 840 g/mol. The van der Waals surface area contributed by atoms with Crippen LogP contribution < -0.4 is 10.2 Å². The zero-order valence-corrected chi connectivity index (χ0v) is 37.2. The van der Waals surface area contributed by atoms with Gasteiger partial charge in [-0.15, -0.1) is 0 Å². The lowest BCUT2D eigenvalue weighted by Gasteiger charge is -2.26. The van der Waals surface area contributed by atoms with Crippen LogP contribution in [0.1, 0.15) is 49.8 Å². The van der Waals surface area contributed by atoms with E-state index in [1.165, 1.54) is 94.6 Å². The van der Waals surface area contributed by atoms with E-state index >= 15 is 0 Å². The van der Waals surface area contributed by atoms with Crippen molar-refractivity contribution >= 4 is 39.1 Å². The second-order valence-corrected chi connectivity index (χ2v) is 16.9. The maximum absolute atomic E-state index is 5.16. The lowest BCUT2D eigenvalue weighted by atomic mass is 9.89. The number of nitrogens with zero attached hydrogens (tertiary/aromatic N) is 2. The summed E-state index contributed by atoms with van der Waals surface area (Å²) in [6.07, 6.45) is 5.37. The predicted molar refractivity (Wildman–Crippen MR) is 278 cm³/mol. The van der Waals surface area contributed by atoms with Gasteiger partial charge >= 0.3 is 0 Å². The van der Waals surface area contributed by atoms with E-state index in [0.29, 0.717) is 6.54 Å². The average Bonchev–Trinajstić information content (AvgIpc) is 3.76. The van der Waals surface area contributed by atoms with Crippen LogP contribution >= 0.6 is 0 Å². The van der Waals surface area contributed by atoms with Crippen molar-refractivity contribution in [2.45, 2.75) is 45.8 Å². The van der Waals surface area contributed by atoms with E-state index in [1.807, 2.05) is 0 Å². The highest BCUT2D eigenvalue weighted by Gasteiger charge is 2.28. The largest absolute Gasteiger partial charge is 0.363 e. The third-order valence-electron chi connectivity index (χ3n) is 12.9. The molecule has 0 saturated carbocycles. The highest BCUT2D eigenvalue weighted by Crippen LogP contribution is 2.43. The molecule has 0 aliphatic carbocycles. The number of para-hydroxylation sites is 2. The lowest BCUT2D eigenvalue weighted by Crippen LogP contribution is -2.30. The van der Waals surface area contributed by atoms with Crippen molar-refractivity contribution in [1.82, 2.24) is 0 Å². The number of hydrogen-bond acceptors (Lipinski definition) is 3. The molecular formula is C62H53N3.